The third kappa shape index (κ3) is 4.47. The Bertz CT molecular complexity index is 828. The van der Waals surface area contributed by atoms with Gasteiger partial charge in [-0.25, -0.2) is 0 Å². The number of benzene rings is 2. The van der Waals surface area contributed by atoms with E-state index in [0.29, 0.717) is 5.13 Å². The Morgan fingerprint density at radius 1 is 1.08 bits per heavy atom. The molecule has 7 heteroatoms. The summed E-state index contributed by atoms with van der Waals surface area (Å²) in [4.78, 5) is 0. The molecule has 0 unspecified atom stereocenters. The van der Waals surface area contributed by atoms with Crippen LogP contribution in [0.4, 0.5) is 10.8 Å². The molecule has 0 saturated heterocycles. The molecule has 0 fully saturated rings. The van der Waals surface area contributed by atoms with Crippen LogP contribution in [0.25, 0.3) is 0 Å². The molecule has 5 nitrogen and oxygen atoms in total. The predicted molar refractivity (Wildman–Crippen MR) is 97.1 cm³/mol. The van der Waals surface area contributed by atoms with Crippen LogP contribution in [-0.2, 0) is 0 Å². The van der Waals surface area contributed by atoms with E-state index >= 15 is 0 Å². The minimum absolute atomic E-state index is 0.139. The van der Waals surface area contributed by atoms with Gasteiger partial charge in [0.05, 0.1) is 11.3 Å². The average molecular weight is 354 g/mol. The molecule has 0 aliphatic heterocycles. The van der Waals surface area contributed by atoms with E-state index in [1.807, 2.05) is 61.5 Å². The molecule has 0 aliphatic carbocycles. The van der Waals surface area contributed by atoms with Gasteiger partial charge >= 0.3 is 0 Å². The fourth-order valence-electron chi connectivity index (χ4n) is 1.84. The number of ether oxygens (including phenoxy) is 1. The van der Waals surface area contributed by atoms with Gasteiger partial charge in [0.2, 0.25) is 5.13 Å². The maximum Gasteiger partial charge on any atom is 0.210 e. The van der Waals surface area contributed by atoms with E-state index in [0.717, 1.165) is 21.5 Å². The largest absolute Gasteiger partial charge is 0.457 e. The van der Waals surface area contributed by atoms with Gasteiger partial charge in [-0.3, -0.25) is 0 Å². The van der Waals surface area contributed by atoms with Crippen molar-refractivity contribution in [2.75, 3.05) is 5.32 Å². The topological polar surface area (TPSA) is 70.8 Å². The minimum Gasteiger partial charge on any atom is -0.457 e. The van der Waals surface area contributed by atoms with Gasteiger partial charge in [-0.05, 0) is 43.3 Å². The van der Waals surface area contributed by atoms with E-state index in [9.17, 15) is 0 Å². The Kier molecular flexibility index (Phi) is 5.31. The number of anilines is 2. The van der Waals surface area contributed by atoms with Crippen LogP contribution in [0.15, 0.2) is 58.9 Å². The number of hydrogen-bond acceptors (Lipinski definition) is 7. The second-order valence-corrected chi connectivity index (χ2v) is 7.39. The highest BCUT2D eigenvalue weighted by molar-refractivity contribution is 8.01. The van der Waals surface area contributed by atoms with Gasteiger partial charge in [0.1, 0.15) is 11.5 Å². The van der Waals surface area contributed by atoms with E-state index in [4.69, 9.17) is 10.00 Å². The maximum absolute atomic E-state index is 8.83. The van der Waals surface area contributed by atoms with Crippen molar-refractivity contribution in [2.24, 2.45) is 0 Å². The molecule has 0 amide bonds. The lowest BCUT2D eigenvalue weighted by atomic mass is 10.3. The molecular formula is C17H14N4OS2. The normalized spacial score (nSPS) is 11.5. The van der Waals surface area contributed by atoms with Crippen LogP contribution < -0.4 is 10.1 Å². The predicted octanol–water partition coefficient (Wildman–Crippen LogP) is 5.08. The van der Waals surface area contributed by atoms with Crippen molar-refractivity contribution in [3.05, 3.63) is 54.6 Å². The highest BCUT2D eigenvalue weighted by Gasteiger charge is 2.09. The van der Waals surface area contributed by atoms with Gasteiger partial charge in [-0.1, -0.05) is 41.3 Å². The Labute approximate surface area is 148 Å². The Morgan fingerprint density at radius 3 is 2.50 bits per heavy atom. The average Bonchev–Trinajstić information content (AvgIpc) is 3.04. The SMILES string of the molecule is C[C@H](C#N)Sc1nnc(Nc2ccc(Oc3ccccc3)cc2)s1. The highest BCUT2D eigenvalue weighted by Crippen LogP contribution is 2.30. The smallest absolute Gasteiger partial charge is 0.210 e. The third-order valence-corrected chi connectivity index (χ3v) is 4.86. The zero-order chi connectivity index (χ0) is 16.8. The van der Waals surface area contributed by atoms with Crippen molar-refractivity contribution in [2.45, 2.75) is 16.5 Å². The molecular weight excluding hydrogens is 340 g/mol. The Morgan fingerprint density at radius 2 is 1.79 bits per heavy atom. The fraction of sp³-hybridized carbons (Fsp3) is 0.118. The monoisotopic (exact) mass is 354 g/mol. The summed E-state index contributed by atoms with van der Waals surface area (Å²) in [5, 5.41) is 20.7. The highest BCUT2D eigenvalue weighted by atomic mass is 32.2. The number of thioether (sulfide) groups is 1. The number of aromatic nitrogens is 2. The van der Waals surface area contributed by atoms with Crippen molar-refractivity contribution in [3.8, 4) is 17.6 Å². The summed E-state index contributed by atoms with van der Waals surface area (Å²) in [5.41, 5.74) is 0.899. The van der Waals surface area contributed by atoms with Gasteiger partial charge < -0.3 is 10.1 Å². The van der Waals surface area contributed by atoms with Crippen molar-refractivity contribution in [1.29, 1.82) is 5.26 Å². The first-order valence-corrected chi connectivity index (χ1v) is 8.92. The van der Waals surface area contributed by atoms with Crippen LogP contribution in [0.3, 0.4) is 0 Å². The molecule has 1 aromatic heterocycles. The number of rotatable bonds is 6. The molecule has 120 valence electrons. The van der Waals surface area contributed by atoms with Gasteiger partial charge in [0.15, 0.2) is 4.34 Å². The number of nitrogens with one attached hydrogen (secondary N) is 1. The quantitative estimate of drug-likeness (QED) is 0.623. The van der Waals surface area contributed by atoms with Crippen LogP contribution in [0.1, 0.15) is 6.92 Å². The number of hydrogen-bond donors (Lipinski definition) is 1. The summed E-state index contributed by atoms with van der Waals surface area (Å²) in [5.74, 6) is 1.57. The molecule has 0 spiro atoms. The third-order valence-electron chi connectivity index (χ3n) is 2.95. The standard InChI is InChI=1S/C17H14N4OS2/c1-12(11-18)23-17-21-20-16(24-17)19-13-7-9-15(10-8-13)22-14-5-3-2-4-6-14/h2-10,12H,1H3,(H,19,20)/t12-/m1/s1. The molecule has 1 atom stereocenters. The molecule has 1 N–H and O–H groups in total. The molecule has 1 heterocycles. The lowest BCUT2D eigenvalue weighted by molar-refractivity contribution is 0.483. The van der Waals surface area contributed by atoms with Crippen molar-refractivity contribution >= 4 is 33.9 Å². The first-order chi connectivity index (χ1) is 11.7. The van der Waals surface area contributed by atoms with E-state index in [-0.39, 0.29) is 5.25 Å². The van der Waals surface area contributed by atoms with Crippen LogP contribution >= 0.6 is 23.1 Å². The summed E-state index contributed by atoms with van der Waals surface area (Å²) in [7, 11) is 0. The second-order valence-electron chi connectivity index (χ2n) is 4.83. The maximum atomic E-state index is 8.83. The first kappa shape index (κ1) is 16.3. The molecule has 2 aromatic carbocycles. The molecule has 24 heavy (non-hydrogen) atoms. The minimum atomic E-state index is -0.139. The van der Waals surface area contributed by atoms with E-state index in [2.05, 4.69) is 21.6 Å². The number of para-hydroxylation sites is 1. The van der Waals surface area contributed by atoms with E-state index in [1.165, 1.54) is 23.1 Å². The van der Waals surface area contributed by atoms with Crippen molar-refractivity contribution in [1.82, 2.24) is 10.2 Å². The summed E-state index contributed by atoms with van der Waals surface area (Å²) in [6, 6.07) is 19.4. The van der Waals surface area contributed by atoms with Gasteiger partial charge in [0.25, 0.3) is 0 Å². The molecule has 0 saturated carbocycles. The summed E-state index contributed by atoms with van der Waals surface area (Å²) >= 11 is 2.83. The van der Waals surface area contributed by atoms with E-state index in [1.54, 1.807) is 0 Å². The van der Waals surface area contributed by atoms with Crippen LogP contribution in [0, 0.1) is 11.3 Å². The molecule has 3 rings (SSSR count). The van der Waals surface area contributed by atoms with Crippen LogP contribution in [0.2, 0.25) is 0 Å². The molecule has 0 radical (unpaired) electrons. The van der Waals surface area contributed by atoms with Gasteiger partial charge in [-0.15, -0.1) is 10.2 Å². The first-order valence-electron chi connectivity index (χ1n) is 7.23. The lowest BCUT2D eigenvalue weighted by Crippen LogP contribution is -1.90. The zero-order valence-electron chi connectivity index (χ0n) is 12.8. The fourth-order valence-corrected chi connectivity index (χ4v) is 3.64. The molecule has 3 aromatic rings. The Hall–Kier alpha value is -2.56. The lowest BCUT2D eigenvalue weighted by Gasteiger charge is -2.06. The molecule has 0 bridgehead atoms. The van der Waals surface area contributed by atoms with Gasteiger partial charge in [0, 0.05) is 5.69 Å². The summed E-state index contributed by atoms with van der Waals surface area (Å²) in [6.45, 7) is 1.84. The zero-order valence-corrected chi connectivity index (χ0v) is 14.5. The van der Waals surface area contributed by atoms with Gasteiger partial charge in [-0.2, -0.15) is 5.26 Å². The summed E-state index contributed by atoms with van der Waals surface area (Å²) < 4.78 is 6.53. The van der Waals surface area contributed by atoms with Crippen molar-refractivity contribution < 1.29 is 4.74 Å². The summed E-state index contributed by atoms with van der Waals surface area (Å²) in [6.07, 6.45) is 0. The number of nitrogens with zero attached hydrogens (tertiary/aromatic N) is 3. The number of nitriles is 1. The molecule has 0 aliphatic rings. The van der Waals surface area contributed by atoms with Crippen molar-refractivity contribution in [3.63, 3.8) is 0 Å². The van der Waals surface area contributed by atoms with Crippen LogP contribution in [-0.4, -0.2) is 15.4 Å². The van der Waals surface area contributed by atoms with E-state index < -0.39 is 0 Å². The van der Waals surface area contributed by atoms with Crippen LogP contribution in [0.5, 0.6) is 11.5 Å². The second kappa shape index (κ2) is 7.81. The Balaban J connectivity index is 1.61.